The van der Waals surface area contributed by atoms with Crippen LogP contribution in [-0.4, -0.2) is 36.3 Å². The Bertz CT molecular complexity index is 587. The molecule has 0 aromatic carbocycles. The fourth-order valence-electron chi connectivity index (χ4n) is 3.88. The third kappa shape index (κ3) is 21.7. The first-order chi connectivity index (χ1) is 14.3. The SMILES string of the molecule is CC(C)CCCC(C)CCCC(C)CCCC(C)CCS(=O)(=O)CCCOP(=O)(O)O. The summed E-state index contributed by atoms with van der Waals surface area (Å²) in [7, 11) is -7.72. The lowest BCUT2D eigenvalue weighted by Crippen LogP contribution is -2.15. The Kier molecular flexibility index (Phi) is 16.7. The van der Waals surface area contributed by atoms with E-state index in [0.717, 1.165) is 30.6 Å². The largest absolute Gasteiger partial charge is 0.469 e. The van der Waals surface area contributed by atoms with Crippen LogP contribution in [0.15, 0.2) is 0 Å². The minimum atomic E-state index is -4.52. The molecule has 0 saturated carbocycles. The first-order valence-corrected chi connectivity index (χ1v) is 15.6. The Morgan fingerprint density at radius 2 is 1.10 bits per heavy atom. The van der Waals surface area contributed by atoms with Crippen LogP contribution in [0, 0.1) is 23.7 Å². The van der Waals surface area contributed by atoms with Crippen molar-refractivity contribution in [2.75, 3.05) is 18.1 Å². The van der Waals surface area contributed by atoms with E-state index in [4.69, 9.17) is 9.79 Å². The predicted molar refractivity (Wildman–Crippen MR) is 130 cm³/mol. The zero-order chi connectivity index (χ0) is 23.9. The highest BCUT2D eigenvalue weighted by atomic mass is 32.2. The van der Waals surface area contributed by atoms with E-state index in [9.17, 15) is 13.0 Å². The van der Waals surface area contributed by atoms with Crippen LogP contribution >= 0.6 is 7.82 Å². The van der Waals surface area contributed by atoms with E-state index in [1.165, 1.54) is 44.9 Å². The standard InChI is InChI=1S/C23H49O6PS/c1-20(2)10-6-11-21(3)12-7-13-22(4)14-8-15-23(5)16-19-31(27,28)18-9-17-29-30(24,25)26/h20-23H,6-19H2,1-5H3,(H2,24,25,26). The summed E-state index contributed by atoms with van der Waals surface area (Å²) < 4.78 is 39.0. The third-order valence-corrected chi connectivity index (χ3v) is 8.33. The van der Waals surface area contributed by atoms with Gasteiger partial charge >= 0.3 is 7.82 Å². The van der Waals surface area contributed by atoms with Gasteiger partial charge in [-0.25, -0.2) is 13.0 Å². The fourth-order valence-corrected chi connectivity index (χ4v) is 5.77. The van der Waals surface area contributed by atoms with Crippen molar-refractivity contribution in [2.45, 2.75) is 105 Å². The molecule has 3 atom stereocenters. The second-order valence-corrected chi connectivity index (χ2v) is 13.7. The molecule has 0 aromatic heterocycles. The molecule has 0 rings (SSSR count). The molecule has 3 unspecified atom stereocenters. The van der Waals surface area contributed by atoms with E-state index < -0.39 is 17.7 Å². The Hall–Kier alpha value is 0.0600. The van der Waals surface area contributed by atoms with Crippen LogP contribution < -0.4 is 0 Å². The summed E-state index contributed by atoms with van der Waals surface area (Å²) in [6.07, 6.45) is 12.1. The molecule has 0 fully saturated rings. The van der Waals surface area contributed by atoms with Crippen molar-refractivity contribution in [1.82, 2.24) is 0 Å². The van der Waals surface area contributed by atoms with E-state index >= 15 is 0 Å². The third-order valence-electron chi connectivity index (χ3n) is 6.05. The summed E-state index contributed by atoms with van der Waals surface area (Å²) >= 11 is 0. The number of phosphoric acid groups is 1. The van der Waals surface area contributed by atoms with Crippen LogP contribution in [0.2, 0.25) is 0 Å². The minimum absolute atomic E-state index is 0.0906. The summed E-state index contributed by atoms with van der Waals surface area (Å²) in [6.45, 7) is 11.2. The second kappa shape index (κ2) is 16.6. The topological polar surface area (TPSA) is 101 Å². The Morgan fingerprint density at radius 3 is 1.52 bits per heavy atom. The number of hydrogen-bond acceptors (Lipinski definition) is 4. The molecule has 0 aliphatic carbocycles. The monoisotopic (exact) mass is 484 g/mol. The van der Waals surface area contributed by atoms with Crippen molar-refractivity contribution in [3.63, 3.8) is 0 Å². The van der Waals surface area contributed by atoms with Gasteiger partial charge in [-0.2, -0.15) is 0 Å². The molecule has 0 amide bonds. The second-order valence-electron chi connectivity index (χ2n) is 10.1. The average molecular weight is 485 g/mol. The maximum Gasteiger partial charge on any atom is 0.469 e. The Balaban J connectivity index is 3.80. The molecule has 8 heteroatoms. The van der Waals surface area contributed by atoms with E-state index in [1.807, 2.05) is 0 Å². The van der Waals surface area contributed by atoms with Gasteiger partial charge in [0.1, 0.15) is 9.84 Å². The fraction of sp³-hybridized carbons (Fsp3) is 1.00. The summed E-state index contributed by atoms with van der Waals surface area (Å²) in [5.41, 5.74) is 0. The van der Waals surface area contributed by atoms with Crippen LogP contribution in [-0.2, 0) is 18.9 Å². The quantitative estimate of drug-likeness (QED) is 0.154. The molecule has 0 aliphatic heterocycles. The molecule has 0 bridgehead atoms. The van der Waals surface area contributed by atoms with Gasteiger partial charge in [-0.05, 0) is 36.5 Å². The molecule has 0 saturated heterocycles. The van der Waals surface area contributed by atoms with Gasteiger partial charge in [-0.15, -0.1) is 0 Å². The van der Waals surface area contributed by atoms with Gasteiger partial charge < -0.3 is 9.79 Å². The van der Waals surface area contributed by atoms with Gasteiger partial charge in [-0.3, -0.25) is 4.52 Å². The van der Waals surface area contributed by atoms with Gasteiger partial charge in [0.05, 0.1) is 18.1 Å². The molecule has 0 aromatic rings. The zero-order valence-corrected chi connectivity index (χ0v) is 22.3. The molecule has 188 valence electrons. The van der Waals surface area contributed by atoms with Crippen molar-refractivity contribution < 1.29 is 27.3 Å². The van der Waals surface area contributed by atoms with Gasteiger partial charge in [-0.1, -0.05) is 92.4 Å². The van der Waals surface area contributed by atoms with Crippen molar-refractivity contribution in [3.05, 3.63) is 0 Å². The van der Waals surface area contributed by atoms with Crippen LogP contribution in [0.25, 0.3) is 0 Å². The highest BCUT2D eigenvalue weighted by molar-refractivity contribution is 7.91. The number of phosphoric ester groups is 1. The zero-order valence-electron chi connectivity index (χ0n) is 20.6. The van der Waals surface area contributed by atoms with Gasteiger partial charge in [0, 0.05) is 0 Å². The van der Waals surface area contributed by atoms with Crippen LogP contribution in [0.3, 0.4) is 0 Å². The molecule has 6 nitrogen and oxygen atoms in total. The first-order valence-electron chi connectivity index (χ1n) is 12.2. The average Bonchev–Trinajstić information content (AvgIpc) is 2.63. The first kappa shape index (κ1) is 31.1. The maximum atomic E-state index is 12.1. The van der Waals surface area contributed by atoms with Crippen molar-refractivity contribution in [3.8, 4) is 0 Å². The summed E-state index contributed by atoms with van der Waals surface area (Å²) in [5, 5.41) is 0. The molecule has 31 heavy (non-hydrogen) atoms. The highest BCUT2D eigenvalue weighted by Gasteiger charge is 2.17. The van der Waals surface area contributed by atoms with E-state index in [0.29, 0.717) is 12.3 Å². The Labute approximate surface area is 192 Å². The lowest BCUT2D eigenvalue weighted by atomic mass is 9.91. The van der Waals surface area contributed by atoms with Crippen LogP contribution in [0.5, 0.6) is 0 Å². The van der Waals surface area contributed by atoms with Gasteiger partial charge in [0.2, 0.25) is 0 Å². The molecule has 0 aliphatic rings. The van der Waals surface area contributed by atoms with Crippen molar-refractivity contribution in [2.24, 2.45) is 23.7 Å². The minimum Gasteiger partial charge on any atom is -0.303 e. The maximum absolute atomic E-state index is 12.1. The van der Waals surface area contributed by atoms with Gasteiger partial charge in [0.25, 0.3) is 0 Å². The van der Waals surface area contributed by atoms with Crippen molar-refractivity contribution in [1.29, 1.82) is 0 Å². The lowest BCUT2D eigenvalue weighted by Gasteiger charge is -2.16. The summed E-state index contributed by atoms with van der Waals surface area (Å²) in [6, 6.07) is 0. The predicted octanol–water partition coefficient (Wildman–Crippen LogP) is 6.37. The van der Waals surface area contributed by atoms with E-state index in [1.54, 1.807) is 0 Å². The number of sulfone groups is 1. The van der Waals surface area contributed by atoms with Crippen LogP contribution in [0.1, 0.15) is 105 Å². The van der Waals surface area contributed by atoms with Crippen LogP contribution in [0.4, 0.5) is 0 Å². The molecular formula is C23H49O6PS. The molecule has 0 spiro atoms. The molecule has 0 radical (unpaired) electrons. The smallest absolute Gasteiger partial charge is 0.303 e. The highest BCUT2D eigenvalue weighted by Crippen LogP contribution is 2.35. The summed E-state index contributed by atoms with van der Waals surface area (Å²) in [4.78, 5) is 17.2. The summed E-state index contributed by atoms with van der Waals surface area (Å²) in [5.74, 6) is 2.78. The van der Waals surface area contributed by atoms with E-state index in [-0.39, 0.29) is 24.5 Å². The number of rotatable bonds is 20. The van der Waals surface area contributed by atoms with E-state index in [2.05, 4.69) is 39.1 Å². The normalized spacial score (nSPS) is 15.9. The molecular weight excluding hydrogens is 435 g/mol. The molecule has 0 heterocycles. The van der Waals surface area contributed by atoms with Crippen molar-refractivity contribution >= 4 is 17.7 Å². The Morgan fingerprint density at radius 1 is 0.677 bits per heavy atom. The lowest BCUT2D eigenvalue weighted by molar-refractivity contribution is 0.197. The number of hydrogen-bond donors (Lipinski definition) is 2. The van der Waals surface area contributed by atoms with Gasteiger partial charge in [0.15, 0.2) is 0 Å². The molecule has 2 N–H and O–H groups in total.